The molecule has 0 aliphatic carbocycles. The second kappa shape index (κ2) is 9.20. The van der Waals surface area contributed by atoms with E-state index in [1.807, 2.05) is 47.0 Å². The highest BCUT2D eigenvalue weighted by atomic mass is 32.2. The third-order valence-electron chi connectivity index (χ3n) is 3.66. The molecule has 1 aliphatic heterocycles. The number of nitrogens with one attached hydrogen (secondary N) is 1. The van der Waals surface area contributed by atoms with Gasteiger partial charge in [-0.1, -0.05) is 37.3 Å². The Morgan fingerprint density at radius 3 is 2.91 bits per heavy atom. The van der Waals surface area contributed by atoms with Gasteiger partial charge in [0.15, 0.2) is 0 Å². The molecule has 122 valence electrons. The van der Waals surface area contributed by atoms with Crippen molar-refractivity contribution in [2.24, 2.45) is 0 Å². The molecule has 1 saturated heterocycles. The number of nitrogens with zero attached hydrogens (tertiary/aromatic N) is 1. The average Bonchev–Trinajstić information content (AvgIpc) is 2.55. The van der Waals surface area contributed by atoms with Crippen LogP contribution < -0.4 is 5.32 Å². The molecule has 0 saturated carbocycles. The van der Waals surface area contributed by atoms with E-state index >= 15 is 0 Å². The van der Waals surface area contributed by atoms with Gasteiger partial charge in [-0.2, -0.15) is 11.8 Å². The van der Waals surface area contributed by atoms with Crippen molar-refractivity contribution in [1.82, 2.24) is 10.2 Å². The van der Waals surface area contributed by atoms with E-state index in [0.717, 1.165) is 30.8 Å². The quantitative estimate of drug-likeness (QED) is 0.865. The second-order valence-electron chi connectivity index (χ2n) is 5.35. The molecule has 2 rings (SSSR count). The maximum absolute atomic E-state index is 12.1. The van der Waals surface area contributed by atoms with E-state index in [-0.39, 0.29) is 6.03 Å². The van der Waals surface area contributed by atoms with Gasteiger partial charge in [0.05, 0.1) is 0 Å². The standard InChI is InChI=1S/C16H24N2O2S2/c1-2-15-12-18(9-10-21-15)16(19)17-8-11-22(20)13-14-6-4-3-5-7-14/h3-7,15H,2,8-13H2,1H3,(H,17,19)/t15-,22-/m1/s1. The fraction of sp³-hybridized carbons (Fsp3) is 0.562. The number of amides is 2. The first-order chi connectivity index (χ1) is 10.7. The molecule has 0 bridgehead atoms. The number of urea groups is 1. The highest BCUT2D eigenvalue weighted by Crippen LogP contribution is 2.20. The Hall–Kier alpha value is -1.01. The zero-order valence-corrected chi connectivity index (χ0v) is 14.6. The molecule has 2 atom stereocenters. The fourth-order valence-electron chi connectivity index (χ4n) is 2.37. The van der Waals surface area contributed by atoms with Crippen molar-refractivity contribution in [1.29, 1.82) is 0 Å². The third-order valence-corrected chi connectivity index (χ3v) is 6.34. The topological polar surface area (TPSA) is 49.4 Å². The second-order valence-corrected chi connectivity index (χ2v) is 8.34. The van der Waals surface area contributed by atoms with E-state index in [1.165, 1.54) is 0 Å². The molecular formula is C16H24N2O2S2. The molecule has 1 heterocycles. The van der Waals surface area contributed by atoms with Crippen LogP contribution in [0.5, 0.6) is 0 Å². The van der Waals surface area contributed by atoms with Crippen molar-refractivity contribution in [3.8, 4) is 0 Å². The van der Waals surface area contributed by atoms with E-state index in [1.54, 1.807) is 0 Å². The van der Waals surface area contributed by atoms with Gasteiger partial charge in [0.1, 0.15) is 0 Å². The van der Waals surface area contributed by atoms with Crippen LogP contribution in [0.25, 0.3) is 0 Å². The van der Waals surface area contributed by atoms with Gasteiger partial charge in [-0.25, -0.2) is 4.79 Å². The number of hydrogen-bond acceptors (Lipinski definition) is 3. The number of carbonyl (C=O) groups excluding carboxylic acids is 1. The normalized spacial score (nSPS) is 19.7. The zero-order chi connectivity index (χ0) is 15.8. The largest absolute Gasteiger partial charge is 0.337 e. The van der Waals surface area contributed by atoms with Crippen molar-refractivity contribution in [2.75, 3.05) is 31.1 Å². The molecule has 1 aromatic rings. The van der Waals surface area contributed by atoms with E-state index in [2.05, 4.69) is 12.2 Å². The predicted octanol–water partition coefficient (Wildman–Crippen LogP) is 2.47. The van der Waals surface area contributed by atoms with E-state index in [4.69, 9.17) is 0 Å². The average molecular weight is 341 g/mol. The van der Waals surface area contributed by atoms with Gasteiger partial charge >= 0.3 is 6.03 Å². The molecule has 0 spiro atoms. The maximum atomic E-state index is 12.1. The van der Waals surface area contributed by atoms with E-state index in [0.29, 0.717) is 23.3 Å². The summed E-state index contributed by atoms with van der Waals surface area (Å²) in [7, 11) is -0.938. The highest BCUT2D eigenvalue weighted by molar-refractivity contribution is 8.00. The van der Waals surface area contributed by atoms with Gasteiger partial charge in [-0.3, -0.25) is 4.21 Å². The molecule has 1 aromatic carbocycles. The summed E-state index contributed by atoms with van der Waals surface area (Å²) < 4.78 is 12.0. The number of hydrogen-bond donors (Lipinski definition) is 1. The van der Waals surface area contributed by atoms with E-state index in [9.17, 15) is 9.00 Å². The number of benzene rings is 1. The Morgan fingerprint density at radius 1 is 1.41 bits per heavy atom. The maximum Gasteiger partial charge on any atom is 0.317 e. The summed E-state index contributed by atoms with van der Waals surface area (Å²) in [6, 6.07) is 9.79. The minimum atomic E-state index is -0.938. The first-order valence-corrected chi connectivity index (χ1v) is 10.3. The lowest BCUT2D eigenvalue weighted by molar-refractivity contribution is 0.200. The number of rotatable bonds is 6. The van der Waals surface area contributed by atoms with Crippen LogP contribution in [0, 0.1) is 0 Å². The molecule has 0 radical (unpaired) electrons. The van der Waals surface area contributed by atoms with Crippen LogP contribution in [0.3, 0.4) is 0 Å². The molecule has 4 nitrogen and oxygen atoms in total. The molecule has 1 N–H and O–H groups in total. The van der Waals surface area contributed by atoms with E-state index < -0.39 is 10.8 Å². The summed E-state index contributed by atoms with van der Waals surface area (Å²) in [6.07, 6.45) is 1.09. The van der Waals surface area contributed by atoms with Gasteiger partial charge in [0, 0.05) is 52.9 Å². The summed E-state index contributed by atoms with van der Waals surface area (Å²) in [5, 5.41) is 3.45. The van der Waals surface area contributed by atoms with Crippen molar-refractivity contribution >= 4 is 28.6 Å². The lowest BCUT2D eigenvalue weighted by atomic mass is 10.2. The Labute approximate surface area is 139 Å². The minimum Gasteiger partial charge on any atom is -0.337 e. The smallest absolute Gasteiger partial charge is 0.317 e. The minimum absolute atomic E-state index is 0.0181. The van der Waals surface area contributed by atoms with Crippen molar-refractivity contribution in [3.63, 3.8) is 0 Å². The van der Waals surface area contributed by atoms with Gasteiger partial charge in [-0.05, 0) is 12.0 Å². The van der Waals surface area contributed by atoms with Crippen LogP contribution in [-0.4, -0.2) is 51.5 Å². The van der Waals surface area contributed by atoms with Crippen LogP contribution in [-0.2, 0) is 16.6 Å². The molecular weight excluding hydrogens is 316 g/mol. The van der Waals surface area contributed by atoms with Crippen LogP contribution in [0.2, 0.25) is 0 Å². The molecule has 1 aliphatic rings. The predicted molar refractivity (Wildman–Crippen MR) is 94.7 cm³/mol. The number of carbonyl (C=O) groups is 1. The Morgan fingerprint density at radius 2 is 2.18 bits per heavy atom. The monoisotopic (exact) mass is 340 g/mol. The molecule has 22 heavy (non-hydrogen) atoms. The highest BCUT2D eigenvalue weighted by Gasteiger charge is 2.22. The van der Waals surface area contributed by atoms with Gasteiger partial charge < -0.3 is 10.2 Å². The molecule has 6 heteroatoms. The lowest BCUT2D eigenvalue weighted by Crippen LogP contribution is -2.47. The Bertz CT molecular complexity index is 496. The fourth-order valence-corrected chi connectivity index (χ4v) is 4.59. The van der Waals surface area contributed by atoms with Crippen LogP contribution in [0.4, 0.5) is 4.79 Å². The summed E-state index contributed by atoms with van der Waals surface area (Å²) >= 11 is 1.94. The summed E-state index contributed by atoms with van der Waals surface area (Å²) in [4.78, 5) is 14.0. The summed E-state index contributed by atoms with van der Waals surface area (Å²) in [6.45, 7) is 4.25. The van der Waals surface area contributed by atoms with Gasteiger partial charge in [0.25, 0.3) is 0 Å². The Balaban J connectivity index is 1.67. The first kappa shape index (κ1) is 17.3. The van der Waals surface area contributed by atoms with Gasteiger partial charge in [0.2, 0.25) is 0 Å². The van der Waals surface area contributed by atoms with Gasteiger partial charge in [-0.15, -0.1) is 0 Å². The Kier molecular flexibility index (Phi) is 7.25. The van der Waals surface area contributed by atoms with Crippen LogP contribution in [0.1, 0.15) is 18.9 Å². The number of thioether (sulfide) groups is 1. The third kappa shape index (κ3) is 5.65. The van der Waals surface area contributed by atoms with Crippen LogP contribution in [0.15, 0.2) is 30.3 Å². The van der Waals surface area contributed by atoms with Crippen molar-refractivity contribution in [2.45, 2.75) is 24.3 Å². The lowest BCUT2D eigenvalue weighted by Gasteiger charge is -2.31. The SMILES string of the molecule is CC[C@@H]1CN(C(=O)NCC[S@@](=O)Cc2ccccc2)CCS1. The molecule has 0 unspecified atom stereocenters. The van der Waals surface area contributed by atoms with Crippen LogP contribution >= 0.6 is 11.8 Å². The summed E-state index contributed by atoms with van der Waals surface area (Å²) in [5.41, 5.74) is 1.08. The first-order valence-electron chi connectivity index (χ1n) is 7.72. The summed E-state index contributed by atoms with van der Waals surface area (Å²) in [5.74, 6) is 2.06. The molecule has 2 amide bonds. The zero-order valence-electron chi connectivity index (χ0n) is 13.0. The van der Waals surface area contributed by atoms with Crippen molar-refractivity contribution < 1.29 is 9.00 Å². The molecule has 1 fully saturated rings. The molecule has 0 aromatic heterocycles. The van der Waals surface area contributed by atoms with Crippen molar-refractivity contribution in [3.05, 3.63) is 35.9 Å².